The molecular weight excluding hydrogens is 314 g/mol. The summed E-state index contributed by atoms with van der Waals surface area (Å²) in [5.41, 5.74) is 6.97. The Morgan fingerprint density at radius 3 is 2.53 bits per heavy atom. The second-order valence-corrected chi connectivity index (χ2v) is 4.74. The number of hydrogen-bond acceptors (Lipinski definition) is 5. The minimum absolute atomic E-state index is 0.0253. The molecule has 102 valence electrons. The number of hydrogen-bond donors (Lipinski definition) is 2. The molecule has 0 aliphatic heterocycles. The van der Waals surface area contributed by atoms with E-state index < -0.39 is 0 Å². The van der Waals surface area contributed by atoms with E-state index in [1.807, 2.05) is 0 Å². The minimum Gasteiger partial charge on any atom is -0.506 e. The molecule has 0 amide bonds. The number of benzene rings is 1. The molecule has 0 saturated carbocycles. The van der Waals surface area contributed by atoms with Gasteiger partial charge in [-0.15, -0.1) is 0 Å². The summed E-state index contributed by atoms with van der Waals surface area (Å²) in [6, 6.07) is 1.63. The fourth-order valence-corrected chi connectivity index (χ4v) is 2.25. The number of phenols is 1. The van der Waals surface area contributed by atoms with Crippen molar-refractivity contribution in [2.75, 3.05) is 20.0 Å². The van der Waals surface area contributed by atoms with Gasteiger partial charge in [0.15, 0.2) is 11.5 Å². The lowest BCUT2D eigenvalue weighted by molar-refractivity contribution is 0.352. The molecule has 6 nitrogen and oxygen atoms in total. The van der Waals surface area contributed by atoms with Crippen molar-refractivity contribution < 1.29 is 14.6 Å². The number of nitrogen functional groups attached to an aromatic ring is 1. The number of rotatable bonds is 3. The summed E-state index contributed by atoms with van der Waals surface area (Å²) < 4.78 is 12.6. The standard InChI is InChI=1S/C12H14BrN3O3/c1-16-12(14)6(5-15-16)9-10(17)7(13)4-8(18-2)11(9)19-3/h4-5,17H,14H2,1-3H3. The molecule has 0 aliphatic carbocycles. The fraction of sp³-hybridized carbons (Fsp3) is 0.250. The van der Waals surface area contributed by atoms with Crippen LogP contribution in [0.1, 0.15) is 0 Å². The number of nitrogens with zero attached hydrogens (tertiary/aromatic N) is 2. The molecule has 7 heteroatoms. The zero-order valence-corrected chi connectivity index (χ0v) is 12.4. The van der Waals surface area contributed by atoms with Gasteiger partial charge < -0.3 is 20.3 Å². The number of aromatic hydroxyl groups is 1. The first-order valence-corrected chi connectivity index (χ1v) is 6.21. The molecule has 1 aromatic heterocycles. The van der Waals surface area contributed by atoms with Crippen molar-refractivity contribution in [3.63, 3.8) is 0 Å². The minimum atomic E-state index is 0.0253. The Kier molecular flexibility index (Phi) is 3.57. The van der Waals surface area contributed by atoms with Gasteiger partial charge in [0.25, 0.3) is 0 Å². The van der Waals surface area contributed by atoms with E-state index in [0.717, 1.165) is 0 Å². The predicted molar refractivity (Wildman–Crippen MR) is 75.5 cm³/mol. The molecule has 0 aliphatic rings. The number of halogens is 1. The second-order valence-electron chi connectivity index (χ2n) is 3.88. The topological polar surface area (TPSA) is 82.5 Å². The van der Waals surface area contributed by atoms with Crippen LogP contribution in [0.3, 0.4) is 0 Å². The van der Waals surface area contributed by atoms with E-state index in [9.17, 15) is 5.11 Å². The second kappa shape index (κ2) is 5.00. The van der Waals surface area contributed by atoms with Crippen molar-refractivity contribution in [2.45, 2.75) is 0 Å². The molecule has 3 N–H and O–H groups in total. The van der Waals surface area contributed by atoms with Crippen LogP contribution < -0.4 is 15.2 Å². The lowest BCUT2D eigenvalue weighted by Gasteiger charge is -2.15. The van der Waals surface area contributed by atoms with Gasteiger partial charge in [0.1, 0.15) is 11.6 Å². The van der Waals surface area contributed by atoms with Crippen LogP contribution in [-0.2, 0) is 7.05 Å². The van der Waals surface area contributed by atoms with Gasteiger partial charge in [-0.05, 0) is 15.9 Å². The molecule has 2 rings (SSSR count). The molecule has 1 aromatic carbocycles. The first kappa shape index (κ1) is 13.5. The van der Waals surface area contributed by atoms with Crippen LogP contribution in [-0.4, -0.2) is 29.1 Å². The third-order valence-electron chi connectivity index (χ3n) is 2.85. The van der Waals surface area contributed by atoms with E-state index in [0.29, 0.717) is 32.9 Å². The highest BCUT2D eigenvalue weighted by molar-refractivity contribution is 9.10. The summed E-state index contributed by atoms with van der Waals surface area (Å²) in [7, 11) is 4.75. The summed E-state index contributed by atoms with van der Waals surface area (Å²) in [6.07, 6.45) is 1.57. The Labute approximate surface area is 118 Å². The Morgan fingerprint density at radius 2 is 2.05 bits per heavy atom. The zero-order chi connectivity index (χ0) is 14.2. The van der Waals surface area contributed by atoms with E-state index in [-0.39, 0.29) is 5.75 Å². The van der Waals surface area contributed by atoms with Crippen LogP contribution in [0.5, 0.6) is 17.2 Å². The number of nitrogens with two attached hydrogens (primary N) is 1. The average Bonchev–Trinajstić information content (AvgIpc) is 2.72. The van der Waals surface area contributed by atoms with E-state index in [2.05, 4.69) is 21.0 Å². The van der Waals surface area contributed by atoms with Crippen molar-refractivity contribution >= 4 is 21.7 Å². The maximum atomic E-state index is 10.2. The monoisotopic (exact) mass is 327 g/mol. The summed E-state index contributed by atoms with van der Waals surface area (Å²) in [5, 5.41) is 14.3. The van der Waals surface area contributed by atoms with Crippen molar-refractivity contribution in [2.24, 2.45) is 7.05 Å². The van der Waals surface area contributed by atoms with Crippen LogP contribution >= 0.6 is 15.9 Å². The highest BCUT2D eigenvalue weighted by atomic mass is 79.9. The van der Waals surface area contributed by atoms with E-state index >= 15 is 0 Å². The largest absolute Gasteiger partial charge is 0.506 e. The predicted octanol–water partition coefficient (Wildman–Crippen LogP) is 2.15. The van der Waals surface area contributed by atoms with E-state index in [4.69, 9.17) is 15.2 Å². The van der Waals surface area contributed by atoms with Gasteiger partial charge in [-0.1, -0.05) is 0 Å². The van der Waals surface area contributed by atoms with Gasteiger partial charge in [0.2, 0.25) is 0 Å². The van der Waals surface area contributed by atoms with E-state index in [1.54, 1.807) is 19.3 Å². The number of aryl methyl sites for hydroxylation is 1. The van der Waals surface area contributed by atoms with Gasteiger partial charge in [0, 0.05) is 13.1 Å². The molecule has 0 saturated heterocycles. The normalized spacial score (nSPS) is 10.5. The molecule has 19 heavy (non-hydrogen) atoms. The Bertz CT molecular complexity index is 625. The van der Waals surface area contributed by atoms with Crippen molar-refractivity contribution in [1.29, 1.82) is 0 Å². The highest BCUT2D eigenvalue weighted by Crippen LogP contribution is 2.49. The molecule has 0 unspecified atom stereocenters. The van der Waals surface area contributed by atoms with Gasteiger partial charge >= 0.3 is 0 Å². The number of methoxy groups -OCH3 is 2. The third kappa shape index (κ3) is 2.10. The molecule has 0 fully saturated rings. The fourth-order valence-electron chi connectivity index (χ4n) is 1.84. The third-order valence-corrected chi connectivity index (χ3v) is 3.45. The lowest BCUT2D eigenvalue weighted by atomic mass is 10.1. The SMILES string of the molecule is COc1cc(Br)c(O)c(-c2cnn(C)c2N)c1OC. The number of phenolic OH excluding ortho intramolecular Hbond substituents is 1. The zero-order valence-electron chi connectivity index (χ0n) is 10.8. The maximum absolute atomic E-state index is 10.2. The first-order valence-electron chi connectivity index (χ1n) is 5.42. The van der Waals surface area contributed by atoms with Crippen LogP contribution in [0.2, 0.25) is 0 Å². The molecule has 2 aromatic rings. The van der Waals surface area contributed by atoms with Crippen molar-refractivity contribution in [3.8, 4) is 28.4 Å². The van der Waals surface area contributed by atoms with Gasteiger partial charge in [-0.2, -0.15) is 5.10 Å². The molecule has 0 bridgehead atoms. The summed E-state index contributed by atoms with van der Waals surface area (Å²) in [4.78, 5) is 0. The van der Waals surface area contributed by atoms with Gasteiger partial charge in [-0.3, -0.25) is 4.68 Å². The molecule has 0 atom stereocenters. The molecule has 0 radical (unpaired) electrons. The Hall–Kier alpha value is -1.89. The highest BCUT2D eigenvalue weighted by Gasteiger charge is 2.23. The van der Waals surface area contributed by atoms with Crippen molar-refractivity contribution in [3.05, 3.63) is 16.7 Å². The van der Waals surface area contributed by atoms with Gasteiger partial charge in [0.05, 0.1) is 36.0 Å². The number of ether oxygens (including phenoxy) is 2. The van der Waals surface area contributed by atoms with Crippen LogP contribution in [0.4, 0.5) is 5.82 Å². The first-order chi connectivity index (χ1) is 9.01. The van der Waals surface area contributed by atoms with E-state index in [1.165, 1.54) is 18.9 Å². The van der Waals surface area contributed by atoms with Gasteiger partial charge in [-0.25, -0.2) is 0 Å². The Morgan fingerprint density at radius 1 is 1.37 bits per heavy atom. The summed E-state index contributed by atoms with van der Waals surface area (Å²) >= 11 is 3.28. The smallest absolute Gasteiger partial charge is 0.172 e. The maximum Gasteiger partial charge on any atom is 0.172 e. The number of aromatic nitrogens is 2. The number of anilines is 1. The lowest BCUT2D eigenvalue weighted by Crippen LogP contribution is -1.99. The molecular formula is C12H14BrN3O3. The van der Waals surface area contributed by atoms with Crippen LogP contribution in [0.25, 0.3) is 11.1 Å². The quantitative estimate of drug-likeness (QED) is 0.902. The molecule has 0 spiro atoms. The van der Waals surface area contributed by atoms with Crippen LogP contribution in [0.15, 0.2) is 16.7 Å². The summed E-state index contributed by atoms with van der Waals surface area (Å²) in [6.45, 7) is 0. The van der Waals surface area contributed by atoms with Crippen LogP contribution in [0, 0.1) is 0 Å². The Balaban J connectivity index is 2.81. The van der Waals surface area contributed by atoms with Crippen molar-refractivity contribution in [1.82, 2.24) is 9.78 Å². The molecule has 1 heterocycles. The summed E-state index contributed by atoms with van der Waals surface area (Å²) in [5.74, 6) is 1.35. The average molecular weight is 328 g/mol.